The number of benzene rings is 2. The number of thiocarbonyl (C=S) groups is 1. The van der Waals surface area contributed by atoms with Gasteiger partial charge in [-0.15, -0.1) is 0 Å². The molecule has 9 heteroatoms. The highest BCUT2D eigenvalue weighted by molar-refractivity contribution is 7.80. The topological polar surface area (TPSA) is 62.8 Å². The number of carbonyl (C=O) groups is 1. The summed E-state index contributed by atoms with van der Waals surface area (Å²) in [5, 5.41) is 6.69. The van der Waals surface area contributed by atoms with Gasteiger partial charge in [-0.2, -0.15) is 0 Å². The van der Waals surface area contributed by atoms with Crippen LogP contribution in [0, 0.1) is 0 Å². The van der Waals surface area contributed by atoms with Crippen LogP contribution in [-0.4, -0.2) is 43.9 Å². The quantitative estimate of drug-likeness (QED) is 0.692. The summed E-state index contributed by atoms with van der Waals surface area (Å²) in [6.07, 6.45) is 0. The smallest absolute Gasteiger partial charge is 0.264 e. The van der Waals surface area contributed by atoms with Crippen LogP contribution >= 0.6 is 35.4 Å². The average Bonchev–Trinajstić information content (AvgIpc) is 2.68. The Kier molecular flexibility index (Phi) is 7.33. The monoisotopic (exact) mass is 439 g/mol. The van der Waals surface area contributed by atoms with Crippen LogP contribution in [0.5, 0.6) is 5.75 Å². The molecule has 1 aliphatic heterocycles. The number of ether oxygens (including phenoxy) is 2. The molecule has 0 spiro atoms. The van der Waals surface area contributed by atoms with Crippen LogP contribution < -0.4 is 20.3 Å². The van der Waals surface area contributed by atoms with E-state index in [-0.39, 0.29) is 11.7 Å². The molecule has 2 aromatic carbocycles. The molecular formula is C19H19Cl2N3O3S. The number of anilines is 2. The zero-order valence-electron chi connectivity index (χ0n) is 14.9. The maximum atomic E-state index is 12.0. The molecular weight excluding hydrogens is 421 g/mol. The number of amides is 1. The zero-order valence-corrected chi connectivity index (χ0v) is 17.2. The van der Waals surface area contributed by atoms with E-state index in [1.54, 1.807) is 30.3 Å². The SMILES string of the molecule is O=C(COc1ccccc1Cl)NC(=S)Nc1ccc(N2CCOCC2)c(Cl)c1. The number of nitrogens with one attached hydrogen (secondary N) is 2. The summed E-state index contributed by atoms with van der Waals surface area (Å²) >= 11 is 17.6. The van der Waals surface area contributed by atoms with Gasteiger partial charge >= 0.3 is 0 Å². The summed E-state index contributed by atoms with van der Waals surface area (Å²) in [6, 6.07) is 12.5. The highest BCUT2D eigenvalue weighted by Gasteiger charge is 2.15. The lowest BCUT2D eigenvalue weighted by atomic mass is 10.2. The average molecular weight is 440 g/mol. The van der Waals surface area contributed by atoms with Gasteiger partial charge in [-0.25, -0.2) is 0 Å². The van der Waals surface area contributed by atoms with E-state index in [1.807, 2.05) is 12.1 Å². The number of rotatable bonds is 5. The second-order valence-corrected chi connectivity index (χ2v) is 7.21. The van der Waals surface area contributed by atoms with Gasteiger partial charge in [0.05, 0.1) is 28.9 Å². The van der Waals surface area contributed by atoms with Crippen molar-refractivity contribution in [1.82, 2.24) is 5.32 Å². The van der Waals surface area contributed by atoms with Crippen molar-refractivity contribution in [3.8, 4) is 5.75 Å². The maximum absolute atomic E-state index is 12.0. The van der Waals surface area contributed by atoms with Crippen molar-refractivity contribution in [3.05, 3.63) is 52.5 Å². The molecule has 6 nitrogen and oxygen atoms in total. The second kappa shape index (κ2) is 9.93. The van der Waals surface area contributed by atoms with E-state index in [9.17, 15) is 4.79 Å². The number of carbonyl (C=O) groups excluding carboxylic acids is 1. The Morgan fingerprint density at radius 2 is 1.89 bits per heavy atom. The van der Waals surface area contributed by atoms with Crippen LogP contribution in [0.25, 0.3) is 0 Å². The lowest BCUT2D eigenvalue weighted by Crippen LogP contribution is -2.37. The standard InChI is InChI=1S/C19H19Cl2N3O3S/c20-14-3-1-2-4-17(14)27-12-18(25)23-19(28)22-13-5-6-16(15(21)11-13)24-7-9-26-10-8-24/h1-6,11H,7-10,12H2,(H2,22,23,25,28). The van der Waals surface area contributed by atoms with Gasteiger partial charge in [0.25, 0.3) is 5.91 Å². The van der Waals surface area contributed by atoms with Gasteiger partial charge in [-0.05, 0) is 42.5 Å². The Balaban J connectivity index is 1.50. The Labute approximate surface area is 178 Å². The van der Waals surface area contributed by atoms with Crippen LogP contribution in [0.4, 0.5) is 11.4 Å². The zero-order chi connectivity index (χ0) is 19.9. The lowest BCUT2D eigenvalue weighted by Gasteiger charge is -2.29. The summed E-state index contributed by atoms with van der Waals surface area (Å²) in [5.74, 6) is 0.0390. The van der Waals surface area contributed by atoms with E-state index in [4.69, 9.17) is 44.9 Å². The largest absolute Gasteiger partial charge is 0.482 e. The van der Waals surface area contributed by atoms with Gasteiger partial charge in [0.2, 0.25) is 0 Å². The summed E-state index contributed by atoms with van der Waals surface area (Å²) in [4.78, 5) is 14.2. The molecule has 1 aliphatic rings. The van der Waals surface area contributed by atoms with E-state index in [0.29, 0.717) is 34.7 Å². The van der Waals surface area contributed by atoms with Crippen molar-refractivity contribution in [2.75, 3.05) is 43.1 Å². The first-order valence-electron chi connectivity index (χ1n) is 8.63. The second-order valence-electron chi connectivity index (χ2n) is 5.99. The number of morpholine rings is 1. The summed E-state index contributed by atoms with van der Waals surface area (Å²) < 4.78 is 10.7. The third-order valence-corrected chi connectivity index (χ3v) is 4.82. The van der Waals surface area contributed by atoms with Crippen molar-refractivity contribution in [3.63, 3.8) is 0 Å². The molecule has 1 fully saturated rings. The molecule has 0 radical (unpaired) electrons. The Morgan fingerprint density at radius 1 is 1.14 bits per heavy atom. The van der Waals surface area contributed by atoms with Crippen LogP contribution in [0.15, 0.2) is 42.5 Å². The molecule has 0 unspecified atom stereocenters. The molecule has 148 valence electrons. The highest BCUT2D eigenvalue weighted by atomic mass is 35.5. The minimum absolute atomic E-state index is 0.156. The molecule has 28 heavy (non-hydrogen) atoms. The molecule has 0 saturated carbocycles. The maximum Gasteiger partial charge on any atom is 0.264 e. The minimum Gasteiger partial charge on any atom is -0.482 e. The number of halogens is 2. The molecule has 2 N–H and O–H groups in total. The van der Waals surface area contributed by atoms with Gasteiger partial charge in [-0.1, -0.05) is 35.3 Å². The Bertz CT molecular complexity index is 860. The molecule has 0 bridgehead atoms. The molecule has 0 aromatic heterocycles. The molecule has 1 amide bonds. The predicted molar refractivity (Wildman–Crippen MR) is 116 cm³/mol. The third kappa shape index (κ3) is 5.72. The van der Waals surface area contributed by atoms with Crippen LogP contribution in [0.3, 0.4) is 0 Å². The van der Waals surface area contributed by atoms with Gasteiger partial charge in [0.1, 0.15) is 5.75 Å². The van der Waals surface area contributed by atoms with E-state index >= 15 is 0 Å². The number of para-hydroxylation sites is 1. The van der Waals surface area contributed by atoms with E-state index in [2.05, 4.69) is 15.5 Å². The fourth-order valence-corrected chi connectivity index (χ4v) is 3.40. The first kappa shape index (κ1) is 20.7. The van der Waals surface area contributed by atoms with Gasteiger partial charge in [-0.3, -0.25) is 10.1 Å². The molecule has 0 atom stereocenters. The number of hydrogen-bond donors (Lipinski definition) is 2. The number of nitrogens with zero attached hydrogens (tertiary/aromatic N) is 1. The van der Waals surface area contributed by atoms with Crippen LogP contribution in [0.1, 0.15) is 0 Å². The van der Waals surface area contributed by atoms with Crippen molar-refractivity contribution in [2.24, 2.45) is 0 Å². The van der Waals surface area contributed by atoms with Crippen molar-refractivity contribution in [1.29, 1.82) is 0 Å². The molecule has 1 saturated heterocycles. The lowest BCUT2D eigenvalue weighted by molar-refractivity contribution is -0.121. The van der Waals surface area contributed by atoms with Gasteiger partial charge in [0.15, 0.2) is 11.7 Å². The molecule has 3 rings (SSSR count). The summed E-state index contributed by atoms with van der Waals surface area (Å²) in [7, 11) is 0. The predicted octanol–water partition coefficient (Wildman–Crippen LogP) is 3.72. The molecule has 2 aromatic rings. The van der Waals surface area contributed by atoms with E-state index in [0.717, 1.165) is 18.8 Å². The van der Waals surface area contributed by atoms with E-state index in [1.165, 1.54) is 0 Å². The summed E-state index contributed by atoms with van der Waals surface area (Å²) in [6.45, 7) is 2.76. The molecule has 0 aliphatic carbocycles. The fourth-order valence-electron chi connectivity index (χ4n) is 2.68. The summed E-state index contributed by atoms with van der Waals surface area (Å²) in [5.41, 5.74) is 1.62. The first-order chi connectivity index (χ1) is 13.5. The van der Waals surface area contributed by atoms with Crippen LogP contribution in [0.2, 0.25) is 10.0 Å². The highest BCUT2D eigenvalue weighted by Crippen LogP contribution is 2.29. The molecule has 1 heterocycles. The number of hydrogen-bond acceptors (Lipinski definition) is 5. The minimum atomic E-state index is -0.395. The van der Waals surface area contributed by atoms with Crippen molar-refractivity contribution in [2.45, 2.75) is 0 Å². The Hall–Kier alpha value is -2.06. The third-order valence-electron chi connectivity index (χ3n) is 4.01. The van der Waals surface area contributed by atoms with Crippen molar-refractivity contribution < 1.29 is 14.3 Å². The van der Waals surface area contributed by atoms with Gasteiger partial charge < -0.3 is 19.7 Å². The first-order valence-corrected chi connectivity index (χ1v) is 9.80. The normalized spacial score (nSPS) is 13.7. The van der Waals surface area contributed by atoms with Crippen molar-refractivity contribution >= 4 is 57.8 Å². The Morgan fingerprint density at radius 3 is 2.61 bits per heavy atom. The van der Waals surface area contributed by atoms with Crippen LogP contribution in [-0.2, 0) is 9.53 Å². The van der Waals surface area contributed by atoms with Gasteiger partial charge in [0, 0.05) is 18.8 Å². The fraction of sp³-hybridized carbons (Fsp3) is 0.263. The van der Waals surface area contributed by atoms with E-state index < -0.39 is 5.91 Å².